The van der Waals surface area contributed by atoms with Crippen LogP contribution in [0.15, 0.2) is 0 Å². The van der Waals surface area contributed by atoms with E-state index >= 15 is 0 Å². The van der Waals surface area contributed by atoms with Crippen molar-refractivity contribution in [3.05, 3.63) is 0 Å². The second kappa shape index (κ2) is 5.81. The fraction of sp³-hybridized carbons (Fsp3) is 1.00. The van der Waals surface area contributed by atoms with E-state index in [9.17, 15) is 0 Å². The van der Waals surface area contributed by atoms with Gasteiger partial charge in [-0.2, -0.15) is 0 Å². The molecule has 0 saturated carbocycles. The van der Waals surface area contributed by atoms with Crippen LogP contribution in [-0.2, 0) is 4.74 Å². The first-order chi connectivity index (χ1) is 4.42. The highest BCUT2D eigenvalue weighted by atomic mass is 35.5. The summed E-state index contributed by atoms with van der Waals surface area (Å²) in [5.41, 5.74) is 5.52. The predicted octanol–water partition coefficient (Wildman–Crippen LogP) is 1.96. The molecule has 0 aromatic heterocycles. The number of hydrogen-bond acceptors (Lipinski definition) is 2. The maximum Gasteiger partial charge on any atom is 0.0598 e. The summed E-state index contributed by atoms with van der Waals surface area (Å²) in [7, 11) is 0. The van der Waals surface area contributed by atoms with Crippen molar-refractivity contribution in [2.45, 2.75) is 45.8 Å². The Bertz CT molecular complexity index is 88.6. The number of rotatable bonds is 3. The predicted molar refractivity (Wildman–Crippen MR) is 51.2 cm³/mol. The molecule has 2 nitrogen and oxygen atoms in total. The van der Waals surface area contributed by atoms with Crippen LogP contribution in [0.5, 0.6) is 0 Å². The summed E-state index contributed by atoms with van der Waals surface area (Å²) in [6.07, 6.45) is 0.942. The van der Waals surface area contributed by atoms with Gasteiger partial charge in [-0.3, -0.25) is 0 Å². The van der Waals surface area contributed by atoms with Crippen LogP contribution >= 0.6 is 12.4 Å². The quantitative estimate of drug-likeness (QED) is 0.723. The monoisotopic (exact) mass is 181 g/mol. The lowest BCUT2D eigenvalue weighted by atomic mass is 10.2. The first-order valence-electron chi connectivity index (χ1n) is 3.81. The SMILES string of the molecule is C[C@@H](N)CCOC(C)(C)C.Cl. The van der Waals surface area contributed by atoms with Crippen molar-refractivity contribution in [3.63, 3.8) is 0 Å². The van der Waals surface area contributed by atoms with E-state index in [1.54, 1.807) is 0 Å². The topological polar surface area (TPSA) is 35.2 Å². The number of hydrogen-bond donors (Lipinski definition) is 1. The molecule has 0 heterocycles. The third kappa shape index (κ3) is 13.2. The zero-order valence-electron chi connectivity index (χ0n) is 7.89. The van der Waals surface area contributed by atoms with Crippen molar-refractivity contribution in [1.29, 1.82) is 0 Å². The van der Waals surface area contributed by atoms with Crippen LogP contribution < -0.4 is 5.73 Å². The summed E-state index contributed by atoms with van der Waals surface area (Å²) in [5.74, 6) is 0. The van der Waals surface area contributed by atoms with Gasteiger partial charge in [-0.25, -0.2) is 0 Å². The maximum absolute atomic E-state index is 5.54. The lowest BCUT2D eigenvalue weighted by Crippen LogP contribution is -2.24. The zero-order valence-corrected chi connectivity index (χ0v) is 8.70. The Morgan fingerprint density at radius 1 is 1.36 bits per heavy atom. The van der Waals surface area contributed by atoms with E-state index in [-0.39, 0.29) is 24.0 Å². The smallest absolute Gasteiger partial charge is 0.0598 e. The molecule has 0 aromatic carbocycles. The van der Waals surface area contributed by atoms with Crippen LogP contribution in [0.4, 0.5) is 0 Å². The molecule has 0 aromatic rings. The van der Waals surface area contributed by atoms with Crippen molar-refractivity contribution in [1.82, 2.24) is 0 Å². The summed E-state index contributed by atoms with van der Waals surface area (Å²) in [4.78, 5) is 0. The Morgan fingerprint density at radius 3 is 2.09 bits per heavy atom. The Labute approximate surface area is 75.9 Å². The molecular formula is C8H20ClNO. The Morgan fingerprint density at radius 2 is 1.82 bits per heavy atom. The van der Waals surface area contributed by atoms with E-state index in [1.807, 2.05) is 27.7 Å². The highest BCUT2D eigenvalue weighted by Gasteiger charge is 2.09. The van der Waals surface area contributed by atoms with Crippen molar-refractivity contribution in [3.8, 4) is 0 Å². The molecule has 0 fully saturated rings. The second-order valence-corrected chi connectivity index (χ2v) is 3.73. The molecule has 0 rings (SSSR count). The molecule has 0 aliphatic carbocycles. The Kier molecular flexibility index (Phi) is 7.28. The van der Waals surface area contributed by atoms with Crippen LogP contribution in [0.25, 0.3) is 0 Å². The minimum Gasteiger partial charge on any atom is -0.376 e. The molecule has 0 bridgehead atoms. The number of nitrogens with two attached hydrogens (primary N) is 1. The van der Waals surface area contributed by atoms with Gasteiger partial charge in [-0.05, 0) is 34.1 Å². The first-order valence-corrected chi connectivity index (χ1v) is 3.81. The van der Waals surface area contributed by atoms with Crippen LogP contribution in [0.3, 0.4) is 0 Å². The Balaban J connectivity index is 0. The molecule has 0 aliphatic heterocycles. The fourth-order valence-corrected chi connectivity index (χ4v) is 0.551. The van der Waals surface area contributed by atoms with Crippen molar-refractivity contribution in [2.75, 3.05) is 6.61 Å². The average Bonchev–Trinajstić information content (AvgIpc) is 1.59. The number of ether oxygens (including phenoxy) is 1. The van der Waals surface area contributed by atoms with E-state index in [1.165, 1.54) is 0 Å². The largest absolute Gasteiger partial charge is 0.376 e. The van der Waals surface area contributed by atoms with E-state index in [0.717, 1.165) is 13.0 Å². The lowest BCUT2D eigenvalue weighted by molar-refractivity contribution is -0.00547. The summed E-state index contributed by atoms with van der Waals surface area (Å²) < 4.78 is 5.46. The van der Waals surface area contributed by atoms with Gasteiger partial charge in [0.1, 0.15) is 0 Å². The van der Waals surface area contributed by atoms with Crippen molar-refractivity contribution >= 4 is 12.4 Å². The first kappa shape index (κ1) is 13.8. The standard InChI is InChI=1S/C8H19NO.ClH/c1-7(9)5-6-10-8(2,3)4;/h7H,5-6,9H2,1-4H3;1H/t7-;/m1./s1. The van der Waals surface area contributed by atoms with Gasteiger partial charge in [-0.15, -0.1) is 12.4 Å². The lowest BCUT2D eigenvalue weighted by Gasteiger charge is -2.19. The molecule has 2 N–H and O–H groups in total. The zero-order chi connectivity index (χ0) is 8.20. The molecule has 11 heavy (non-hydrogen) atoms. The van der Waals surface area contributed by atoms with Gasteiger partial charge < -0.3 is 10.5 Å². The molecular weight excluding hydrogens is 162 g/mol. The third-order valence-electron chi connectivity index (χ3n) is 1.11. The van der Waals surface area contributed by atoms with Gasteiger partial charge >= 0.3 is 0 Å². The van der Waals surface area contributed by atoms with Crippen LogP contribution in [-0.4, -0.2) is 18.2 Å². The summed E-state index contributed by atoms with van der Waals surface area (Å²) >= 11 is 0. The van der Waals surface area contributed by atoms with E-state index < -0.39 is 0 Å². The molecule has 0 radical (unpaired) electrons. The minimum absolute atomic E-state index is 0. The van der Waals surface area contributed by atoms with Gasteiger partial charge in [0.15, 0.2) is 0 Å². The van der Waals surface area contributed by atoms with Gasteiger partial charge in [0.2, 0.25) is 0 Å². The molecule has 1 atom stereocenters. The van der Waals surface area contributed by atoms with Gasteiger partial charge in [0, 0.05) is 12.6 Å². The maximum atomic E-state index is 5.54. The molecule has 0 saturated heterocycles. The molecule has 0 unspecified atom stereocenters. The molecule has 0 spiro atoms. The highest BCUT2D eigenvalue weighted by Crippen LogP contribution is 2.06. The van der Waals surface area contributed by atoms with Gasteiger partial charge in [0.25, 0.3) is 0 Å². The summed E-state index contributed by atoms with van der Waals surface area (Å²) in [6.45, 7) is 8.91. The summed E-state index contributed by atoms with van der Waals surface area (Å²) in [5, 5.41) is 0. The molecule has 0 aliphatic rings. The van der Waals surface area contributed by atoms with Crippen molar-refractivity contribution in [2.24, 2.45) is 5.73 Å². The van der Waals surface area contributed by atoms with Gasteiger partial charge in [0.05, 0.1) is 5.60 Å². The van der Waals surface area contributed by atoms with Crippen LogP contribution in [0, 0.1) is 0 Å². The third-order valence-corrected chi connectivity index (χ3v) is 1.11. The molecule has 70 valence electrons. The average molecular weight is 182 g/mol. The highest BCUT2D eigenvalue weighted by molar-refractivity contribution is 5.85. The Hall–Kier alpha value is 0.210. The molecule has 0 amide bonds. The number of halogens is 1. The van der Waals surface area contributed by atoms with E-state index in [0.29, 0.717) is 0 Å². The second-order valence-electron chi connectivity index (χ2n) is 3.73. The summed E-state index contributed by atoms with van der Waals surface area (Å²) in [6, 6.07) is 0.252. The molecule has 3 heteroatoms. The normalized spacial score (nSPS) is 13.9. The minimum atomic E-state index is -0.0190. The van der Waals surface area contributed by atoms with Crippen molar-refractivity contribution < 1.29 is 4.74 Å². The van der Waals surface area contributed by atoms with Gasteiger partial charge in [-0.1, -0.05) is 0 Å². The van der Waals surface area contributed by atoms with E-state index in [4.69, 9.17) is 10.5 Å². The fourth-order valence-electron chi connectivity index (χ4n) is 0.551. The van der Waals surface area contributed by atoms with E-state index in [2.05, 4.69) is 0 Å². The van der Waals surface area contributed by atoms with Crippen LogP contribution in [0.2, 0.25) is 0 Å². The van der Waals surface area contributed by atoms with Crippen LogP contribution in [0.1, 0.15) is 34.1 Å².